The molecule has 16 heavy (non-hydrogen) atoms. The Kier molecular flexibility index (Phi) is 4.23. The maximum Gasteiger partial charge on any atom is 0.239 e. The zero-order valence-electron chi connectivity index (χ0n) is 9.41. The topological polar surface area (TPSA) is 49.4 Å². The SMILES string of the molecule is O=C1CSCC(=O)N1CCC1CCCNC1. The number of nitrogens with zero attached hydrogens (tertiary/aromatic N) is 1. The van der Waals surface area contributed by atoms with Crippen LogP contribution in [-0.2, 0) is 9.59 Å². The van der Waals surface area contributed by atoms with Crippen molar-refractivity contribution < 1.29 is 9.59 Å². The lowest BCUT2D eigenvalue weighted by Gasteiger charge is -2.28. The maximum absolute atomic E-state index is 11.5. The van der Waals surface area contributed by atoms with Gasteiger partial charge in [-0.2, -0.15) is 0 Å². The largest absolute Gasteiger partial charge is 0.316 e. The molecule has 4 nitrogen and oxygen atoms in total. The van der Waals surface area contributed by atoms with Gasteiger partial charge in [-0.1, -0.05) is 0 Å². The van der Waals surface area contributed by atoms with Crippen molar-refractivity contribution in [1.82, 2.24) is 10.2 Å². The van der Waals surface area contributed by atoms with Gasteiger partial charge >= 0.3 is 0 Å². The minimum absolute atomic E-state index is 0.00924. The highest BCUT2D eigenvalue weighted by atomic mass is 32.2. The normalized spacial score (nSPS) is 27.2. The first-order valence-corrected chi connectivity index (χ1v) is 7.04. The Labute approximate surface area is 100 Å². The molecular weight excluding hydrogens is 224 g/mol. The van der Waals surface area contributed by atoms with Crippen LogP contribution in [0.1, 0.15) is 19.3 Å². The molecule has 2 rings (SSSR count). The third-order valence-electron chi connectivity index (χ3n) is 3.21. The summed E-state index contributed by atoms with van der Waals surface area (Å²) >= 11 is 1.42. The number of piperidine rings is 1. The monoisotopic (exact) mass is 242 g/mol. The molecule has 1 N–H and O–H groups in total. The van der Waals surface area contributed by atoms with Crippen molar-refractivity contribution in [3.63, 3.8) is 0 Å². The standard InChI is InChI=1S/C11H18N2O2S/c14-10-7-16-8-11(15)13(10)5-3-9-2-1-4-12-6-9/h9,12H,1-8H2. The molecule has 2 heterocycles. The molecular formula is C11H18N2O2S. The van der Waals surface area contributed by atoms with Crippen LogP contribution in [0.3, 0.4) is 0 Å². The van der Waals surface area contributed by atoms with Crippen molar-refractivity contribution in [2.45, 2.75) is 19.3 Å². The Morgan fingerprint density at radius 1 is 1.31 bits per heavy atom. The van der Waals surface area contributed by atoms with E-state index >= 15 is 0 Å². The van der Waals surface area contributed by atoms with Crippen LogP contribution in [-0.4, -0.2) is 47.9 Å². The lowest BCUT2D eigenvalue weighted by atomic mass is 9.96. The molecule has 0 radical (unpaired) electrons. The van der Waals surface area contributed by atoms with Gasteiger partial charge in [0.15, 0.2) is 0 Å². The zero-order valence-corrected chi connectivity index (χ0v) is 10.2. The number of nitrogens with one attached hydrogen (secondary N) is 1. The summed E-state index contributed by atoms with van der Waals surface area (Å²) in [5.74, 6) is 1.54. The second-order valence-electron chi connectivity index (χ2n) is 4.43. The Morgan fingerprint density at radius 2 is 2.06 bits per heavy atom. The number of amides is 2. The van der Waals surface area contributed by atoms with E-state index in [1.807, 2.05) is 0 Å². The summed E-state index contributed by atoms with van der Waals surface area (Å²) in [6, 6.07) is 0. The predicted molar refractivity (Wildman–Crippen MR) is 64.3 cm³/mol. The number of carbonyl (C=O) groups excluding carboxylic acids is 2. The first-order valence-electron chi connectivity index (χ1n) is 5.89. The van der Waals surface area contributed by atoms with Gasteiger partial charge in [0.2, 0.25) is 11.8 Å². The highest BCUT2D eigenvalue weighted by Crippen LogP contribution is 2.17. The molecule has 0 aromatic carbocycles. The minimum atomic E-state index is -0.00924. The van der Waals surface area contributed by atoms with Gasteiger partial charge in [0, 0.05) is 6.54 Å². The van der Waals surface area contributed by atoms with E-state index in [-0.39, 0.29) is 11.8 Å². The Bertz CT molecular complexity index is 261. The number of hydrogen-bond acceptors (Lipinski definition) is 4. The molecule has 0 aliphatic carbocycles. The fourth-order valence-electron chi connectivity index (χ4n) is 2.25. The average Bonchev–Trinajstić information content (AvgIpc) is 2.30. The summed E-state index contributed by atoms with van der Waals surface area (Å²) in [4.78, 5) is 24.5. The minimum Gasteiger partial charge on any atom is -0.316 e. The summed E-state index contributed by atoms with van der Waals surface area (Å²) in [6.45, 7) is 2.75. The van der Waals surface area contributed by atoms with E-state index in [1.165, 1.54) is 29.5 Å². The van der Waals surface area contributed by atoms with E-state index in [1.54, 1.807) is 0 Å². The lowest BCUT2D eigenvalue weighted by Crippen LogP contribution is -2.44. The molecule has 2 saturated heterocycles. The zero-order chi connectivity index (χ0) is 11.4. The molecule has 2 fully saturated rings. The highest BCUT2D eigenvalue weighted by Gasteiger charge is 2.26. The third kappa shape index (κ3) is 2.98. The van der Waals surface area contributed by atoms with Crippen LogP contribution in [0.5, 0.6) is 0 Å². The molecule has 0 saturated carbocycles. The molecule has 2 aliphatic heterocycles. The highest BCUT2D eigenvalue weighted by molar-refractivity contribution is 8.00. The number of rotatable bonds is 3. The van der Waals surface area contributed by atoms with Gasteiger partial charge in [-0.05, 0) is 38.3 Å². The summed E-state index contributed by atoms with van der Waals surface area (Å²) in [5.41, 5.74) is 0. The van der Waals surface area contributed by atoms with Gasteiger partial charge in [-0.15, -0.1) is 11.8 Å². The lowest BCUT2D eigenvalue weighted by molar-refractivity contribution is -0.142. The summed E-state index contributed by atoms with van der Waals surface area (Å²) in [7, 11) is 0. The van der Waals surface area contributed by atoms with Gasteiger partial charge in [-0.3, -0.25) is 14.5 Å². The first kappa shape index (κ1) is 11.9. The van der Waals surface area contributed by atoms with Crippen LogP contribution in [0.25, 0.3) is 0 Å². The smallest absolute Gasteiger partial charge is 0.239 e. The van der Waals surface area contributed by atoms with E-state index in [2.05, 4.69) is 5.32 Å². The molecule has 0 bridgehead atoms. The Morgan fingerprint density at radius 3 is 2.69 bits per heavy atom. The van der Waals surface area contributed by atoms with Crippen LogP contribution in [0.15, 0.2) is 0 Å². The van der Waals surface area contributed by atoms with Gasteiger partial charge in [0.05, 0.1) is 11.5 Å². The van der Waals surface area contributed by atoms with E-state index in [0.717, 1.165) is 19.5 Å². The fraction of sp³-hybridized carbons (Fsp3) is 0.818. The van der Waals surface area contributed by atoms with Crippen LogP contribution >= 0.6 is 11.8 Å². The van der Waals surface area contributed by atoms with Crippen molar-refractivity contribution >= 4 is 23.6 Å². The van der Waals surface area contributed by atoms with E-state index in [0.29, 0.717) is 24.0 Å². The van der Waals surface area contributed by atoms with Crippen molar-refractivity contribution in [3.8, 4) is 0 Å². The van der Waals surface area contributed by atoms with Crippen LogP contribution < -0.4 is 5.32 Å². The van der Waals surface area contributed by atoms with Crippen LogP contribution in [0, 0.1) is 5.92 Å². The molecule has 1 unspecified atom stereocenters. The van der Waals surface area contributed by atoms with Crippen molar-refractivity contribution in [2.24, 2.45) is 5.92 Å². The van der Waals surface area contributed by atoms with E-state index in [4.69, 9.17) is 0 Å². The predicted octanol–water partition coefficient (Wildman–Crippen LogP) is 0.478. The number of hydrogen-bond donors (Lipinski definition) is 1. The van der Waals surface area contributed by atoms with E-state index in [9.17, 15) is 9.59 Å². The van der Waals surface area contributed by atoms with Gasteiger partial charge < -0.3 is 5.32 Å². The number of carbonyl (C=O) groups is 2. The molecule has 90 valence electrons. The summed E-state index contributed by atoms with van der Waals surface area (Å²) in [6.07, 6.45) is 3.38. The van der Waals surface area contributed by atoms with Crippen LogP contribution in [0.2, 0.25) is 0 Å². The van der Waals surface area contributed by atoms with Crippen molar-refractivity contribution in [3.05, 3.63) is 0 Å². The van der Waals surface area contributed by atoms with Crippen molar-refractivity contribution in [1.29, 1.82) is 0 Å². The van der Waals surface area contributed by atoms with Gasteiger partial charge in [0.25, 0.3) is 0 Å². The van der Waals surface area contributed by atoms with Crippen molar-refractivity contribution in [2.75, 3.05) is 31.1 Å². The summed E-state index contributed by atoms with van der Waals surface area (Å²) < 4.78 is 0. The maximum atomic E-state index is 11.5. The molecule has 0 aromatic rings. The second-order valence-corrected chi connectivity index (χ2v) is 5.42. The van der Waals surface area contributed by atoms with Gasteiger partial charge in [0.1, 0.15) is 0 Å². The second kappa shape index (κ2) is 5.68. The number of thioether (sulfide) groups is 1. The molecule has 0 spiro atoms. The Hall–Kier alpha value is -0.550. The fourth-order valence-corrected chi connectivity index (χ4v) is 3.02. The molecule has 0 aromatic heterocycles. The molecule has 5 heteroatoms. The average molecular weight is 242 g/mol. The Balaban J connectivity index is 1.78. The van der Waals surface area contributed by atoms with Gasteiger partial charge in [-0.25, -0.2) is 0 Å². The summed E-state index contributed by atoms with van der Waals surface area (Å²) in [5, 5.41) is 3.35. The molecule has 1 atom stereocenters. The third-order valence-corrected chi connectivity index (χ3v) is 4.12. The van der Waals surface area contributed by atoms with E-state index < -0.39 is 0 Å². The molecule has 2 amide bonds. The van der Waals surface area contributed by atoms with Crippen LogP contribution in [0.4, 0.5) is 0 Å². The number of imide groups is 1. The quantitative estimate of drug-likeness (QED) is 0.731. The first-order chi connectivity index (χ1) is 7.77. The molecule has 2 aliphatic rings.